The molecule has 1 N–H and O–H groups in total. The van der Waals surface area contributed by atoms with E-state index < -0.39 is 11.9 Å². The zero-order valence-electron chi connectivity index (χ0n) is 12.7. The van der Waals surface area contributed by atoms with Gasteiger partial charge in [0.15, 0.2) is 0 Å². The molecule has 0 aliphatic carbocycles. The highest BCUT2D eigenvalue weighted by atomic mass is 79.9. The van der Waals surface area contributed by atoms with Crippen molar-refractivity contribution in [1.82, 2.24) is 9.47 Å². The average Bonchev–Trinajstić information content (AvgIpc) is 3.14. The van der Waals surface area contributed by atoms with Crippen molar-refractivity contribution in [1.29, 1.82) is 0 Å². The molecule has 1 aromatic heterocycles. The first-order valence-corrected chi connectivity index (χ1v) is 8.21. The molecule has 2 aromatic rings. The molecular formula is C17H17BrN2O3. The molecule has 1 aliphatic rings. The summed E-state index contributed by atoms with van der Waals surface area (Å²) < 4.78 is 2.82. The molecule has 1 saturated heterocycles. The minimum atomic E-state index is -0.832. The third-order valence-corrected chi connectivity index (χ3v) is 5.01. The Balaban J connectivity index is 1.87. The zero-order chi connectivity index (χ0) is 16.6. The summed E-state index contributed by atoms with van der Waals surface area (Å²) in [6.07, 6.45) is 0.516. The lowest BCUT2D eigenvalue weighted by molar-refractivity contribution is -0.141. The summed E-state index contributed by atoms with van der Waals surface area (Å²) in [5.41, 5.74) is 2.52. The van der Waals surface area contributed by atoms with Gasteiger partial charge in [-0.3, -0.25) is 9.59 Å². The van der Waals surface area contributed by atoms with Crippen LogP contribution in [0.1, 0.15) is 16.9 Å². The predicted molar refractivity (Wildman–Crippen MR) is 90.2 cm³/mol. The smallest absolute Gasteiger partial charge is 0.308 e. The number of amides is 1. The minimum Gasteiger partial charge on any atom is -0.481 e. The number of aromatic nitrogens is 1. The first-order chi connectivity index (χ1) is 11.0. The number of aliphatic carboxylic acids is 1. The van der Waals surface area contributed by atoms with Gasteiger partial charge in [0, 0.05) is 35.9 Å². The van der Waals surface area contributed by atoms with E-state index in [-0.39, 0.29) is 12.5 Å². The van der Waals surface area contributed by atoms with Crippen molar-refractivity contribution in [2.75, 3.05) is 13.1 Å². The fraction of sp³-hybridized carbons (Fsp3) is 0.294. The van der Waals surface area contributed by atoms with Gasteiger partial charge in [-0.1, -0.05) is 34.1 Å². The lowest BCUT2D eigenvalue weighted by atomic mass is 10.1. The summed E-state index contributed by atoms with van der Waals surface area (Å²) in [6.45, 7) is 0.773. The maximum absolute atomic E-state index is 12.7. The van der Waals surface area contributed by atoms with E-state index in [4.69, 9.17) is 5.11 Å². The molecule has 1 unspecified atom stereocenters. The molecule has 1 amide bonds. The van der Waals surface area contributed by atoms with Crippen molar-refractivity contribution in [2.45, 2.75) is 6.42 Å². The van der Waals surface area contributed by atoms with E-state index >= 15 is 0 Å². The third-order valence-electron chi connectivity index (χ3n) is 4.32. The molecular weight excluding hydrogens is 360 g/mol. The Labute approximate surface area is 142 Å². The van der Waals surface area contributed by atoms with Crippen LogP contribution < -0.4 is 0 Å². The number of carboxylic acids is 1. The van der Waals surface area contributed by atoms with E-state index in [0.29, 0.717) is 18.7 Å². The monoisotopic (exact) mass is 376 g/mol. The Morgan fingerprint density at radius 3 is 2.61 bits per heavy atom. The maximum Gasteiger partial charge on any atom is 0.308 e. The first-order valence-electron chi connectivity index (χ1n) is 7.41. The van der Waals surface area contributed by atoms with Crippen LogP contribution in [0.3, 0.4) is 0 Å². The highest BCUT2D eigenvalue weighted by Crippen LogP contribution is 2.30. The van der Waals surface area contributed by atoms with Gasteiger partial charge in [0.25, 0.3) is 5.91 Å². The average molecular weight is 377 g/mol. The van der Waals surface area contributed by atoms with Gasteiger partial charge >= 0.3 is 5.97 Å². The van der Waals surface area contributed by atoms with Crippen LogP contribution in [0.4, 0.5) is 0 Å². The van der Waals surface area contributed by atoms with Crippen molar-refractivity contribution >= 4 is 27.8 Å². The van der Waals surface area contributed by atoms with E-state index in [2.05, 4.69) is 15.9 Å². The van der Waals surface area contributed by atoms with E-state index in [9.17, 15) is 9.59 Å². The van der Waals surface area contributed by atoms with Crippen LogP contribution in [0.2, 0.25) is 0 Å². The van der Waals surface area contributed by atoms with Gasteiger partial charge < -0.3 is 14.6 Å². The second-order valence-corrected chi connectivity index (χ2v) is 6.57. The maximum atomic E-state index is 12.7. The molecule has 6 heteroatoms. The number of likely N-dealkylation sites (tertiary alicyclic amines) is 1. The van der Waals surface area contributed by atoms with Gasteiger partial charge in [0.1, 0.15) is 5.69 Å². The van der Waals surface area contributed by atoms with E-state index in [0.717, 1.165) is 15.7 Å². The largest absolute Gasteiger partial charge is 0.481 e. The zero-order valence-corrected chi connectivity index (χ0v) is 14.3. The molecule has 0 spiro atoms. The summed E-state index contributed by atoms with van der Waals surface area (Å²) in [4.78, 5) is 25.3. The lowest BCUT2D eigenvalue weighted by Gasteiger charge is -2.17. The van der Waals surface area contributed by atoms with Gasteiger partial charge in [-0.05, 0) is 24.6 Å². The summed E-state index contributed by atoms with van der Waals surface area (Å²) in [6, 6.07) is 11.6. The number of benzene rings is 1. The number of rotatable bonds is 3. The molecule has 1 aromatic carbocycles. The van der Waals surface area contributed by atoms with Gasteiger partial charge in [-0.25, -0.2) is 0 Å². The van der Waals surface area contributed by atoms with Crippen LogP contribution in [0.5, 0.6) is 0 Å². The molecule has 23 heavy (non-hydrogen) atoms. The van der Waals surface area contributed by atoms with Crippen molar-refractivity contribution in [3.8, 4) is 11.3 Å². The van der Waals surface area contributed by atoms with Gasteiger partial charge in [0.2, 0.25) is 0 Å². The topological polar surface area (TPSA) is 62.5 Å². The Bertz CT molecular complexity index is 769. The van der Waals surface area contributed by atoms with Crippen LogP contribution in [0.25, 0.3) is 11.3 Å². The van der Waals surface area contributed by atoms with Gasteiger partial charge in [-0.15, -0.1) is 0 Å². The summed E-state index contributed by atoms with van der Waals surface area (Å²) >= 11 is 3.53. The molecule has 3 rings (SSSR count). The number of carbonyl (C=O) groups is 2. The molecule has 1 fully saturated rings. The van der Waals surface area contributed by atoms with Gasteiger partial charge in [-0.2, -0.15) is 0 Å². The number of nitrogens with zero attached hydrogens (tertiary/aromatic N) is 2. The summed E-state index contributed by atoms with van der Waals surface area (Å²) in [5, 5.41) is 9.07. The number of carboxylic acid groups (broad SMARTS) is 1. The number of hydrogen-bond acceptors (Lipinski definition) is 2. The van der Waals surface area contributed by atoms with Crippen molar-refractivity contribution in [2.24, 2.45) is 13.0 Å². The van der Waals surface area contributed by atoms with E-state index in [1.807, 2.05) is 41.9 Å². The standard InChI is InChI=1S/C17H17BrN2O3/c1-19-14(12-4-2-3-5-13(12)18)6-7-15(19)16(21)20-9-8-11(10-20)17(22)23/h2-7,11H,8-10H2,1H3,(H,22,23). The number of carbonyl (C=O) groups excluding carboxylic acids is 1. The Kier molecular flexibility index (Phi) is 4.26. The molecule has 0 bridgehead atoms. The van der Waals surface area contributed by atoms with Crippen LogP contribution in [0, 0.1) is 5.92 Å². The van der Waals surface area contributed by atoms with Crippen LogP contribution in [-0.2, 0) is 11.8 Å². The Hall–Kier alpha value is -2.08. The molecule has 1 atom stereocenters. The highest BCUT2D eigenvalue weighted by Gasteiger charge is 2.32. The number of halogens is 1. The normalized spacial score (nSPS) is 17.5. The minimum absolute atomic E-state index is 0.116. The van der Waals surface area contributed by atoms with Crippen molar-refractivity contribution in [3.63, 3.8) is 0 Å². The first kappa shape index (κ1) is 15.8. The van der Waals surface area contributed by atoms with Crippen molar-refractivity contribution in [3.05, 3.63) is 46.6 Å². The number of hydrogen-bond donors (Lipinski definition) is 1. The molecule has 120 valence electrons. The SMILES string of the molecule is Cn1c(C(=O)N2CCC(C(=O)O)C2)ccc1-c1ccccc1Br. The molecule has 1 aliphatic heterocycles. The summed E-state index contributed by atoms with van der Waals surface area (Å²) in [5.74, 6) is -1.41. The lowest BCUT2D eigenvalue weighted by Crippen LogP contribution is -2.31. The second kappa shape index (κ2) is 6.20. The Morgan fingerprint density at radius 1 is 1.22 bits per heavy atom. The molecule has 0 saturated carbocycles. The fourth-order valence-electron chi connectivity index (χ4n) is 2.97. The molecule has 2 heterocycles. The van der Waals surface area contributed by atoms with Crippen LogP contribution in [-0.4, -0.2) is 39.5 Å². The van der Waals surface area contributed by atoms with Gasteiger partial charge in [0.05, 0.1) is 5.92 Å². The van der Waals surface area contributed by atoms with E-state index in [1.165, 1.54) is 0 Å². The second-order valence-electron chi connectivity index (χ2n) is 5.72. The fourth-order valence-corrected chi connectivity index (χ4v) is 3.46. The predicted octanol–water partition coefficient (Wildman–Crippen LogP) is 3.00. The third kappa shape index (κ3) is 2.91. The highest BCUT2D eigenvalue weighted by molar-refractivity contribution is 9.10. The summed E-state index contributed by atoms with van der Waals surface area (Å²) in [7, 11) is 1.85. The Morgan fingerprint density at radius 2 is 1.96 bits per heavy atom. The van der Waals surface area contributed by atoms with Crippen LogP contribution >= 0.6 is 15.9 Å². The quantitative estimate of drug-likeness (QED) is 0.895. The van der Waals surface area contributed by atoms with Crippen LogP contribution in [0.15, 0.2) is 40.9 Å². The van der Waals surface area contributed by atoms with E-state index in [1.54, 1.807) is 11.0 Å². The molecule has 0 radical (unpaired) electrons. The van der Waals surface area contributed by atoms with Crippen molar-refractivity contribution < 1.29 is 14.7 Å². The molecule has 5 nitrogen and oxygen atoms in total.